The van der Waals surface area contributed by atoms with Gasteiger partial charge in [-0.1, -0.05) is 55.5 Å². The number of rotatable bonds is 4. The van der Waals surface area contributed by atoms with E-state index in [0.29, 0.717) is 5.56 Å². The Morgan fingerprint density at radius 1 is 0.920 bits per heavy atom. The van der Waals surface area contributed by atoms with Crippen molar-refractivity contribution >= 4 is 17.5 Å². The Morgan fingerprint density at radius 2 is 1.56 bits per heavy atom. The number of aryl methyl sites for hydroxylation is 1. The molecule has 4 heteroatoms. The molecule has 0 aliphatic heterocycles. The zero-order valence-electron chi connectivity index (χ0n) is 14.2. The number of esters is 1. The van der Waals surface area contributed by atoms with Crippen LogP contribution in [0.25, 0.3) is 0 Å². The normalized spacial score (nSPS) is 13.7. The van der Waals surface area contributed by atoms with Crippen LogP contribution in [0.2, 0.25) is 0 Å². The van der Waals surface area contributed by atoms with Gasteiger partial charge in [0.2, 0.25) is 5.78 Å². The minimum Gasteiger partial charge on any atom is -0.465 e. The first-order valence-corrected chi connectivity index (χ1v) is 8.14. The maximum atomic E-state index is 12.9. The second kappa shape index (κ2) is 6.85. The molecule has 1 aliphatic carbocycles. The molecule has 0 aromatic heterocycles. The zero-order chi connectivity index (χ0) is 18.0. The van der Waals surface area contributed by atoms with Gasteiger partial charge in [-0.2, -0.15) is 0 Å². The Labute approximate surface area is 146 Å². The number of carbonyl (C=O) groups is 3. The smallest absolute Gasteiger partial charge is 0.342 e. The summed E-state index contributed by atoms with van der Waals surface area (Å²) in [5.74, 6) is -1.52. The molecule has 0 radical (unpaired) electrons. The molecule has 2 aromatic carbocycles. The summed E-state index contributed by atoms with van der Waals surface area (Å²) >= 11 is 0. The van der Waals surface area contributed by atoms with Gasteiger partial charge < -0.3 is 4.74 Å². The summed E-state index contributed by atoms with van der Waals surface area (Å²) < 4.78 is 4.77. The number of methoxy groups -OCH3 is 1. The Kier molecular flexibility index (Phi) is 4.61. The maximum Gasteiger partial charge on any atom is 0.342 e. The molecule has 0 fully saturated rings. The molecule has 0 saturated heterocycles. The number of allylic oxidation sites excluding steroid dienone is 1. The van der Waals surface area contributed by atoms with E-state index in [4.69, 9.17) is 4.74 Å². The zero-order valence-corrected chi connectivity index (χ0v) is 14.2. The average Bonchev–Trinajstić information content (AvgIpc) is 2.65. The lowest BCUT2D eigenvalue weighted by atomic mass is 9.81. The highest BCUT2D eigenvalue weighted by Gasteiger charge is 2.36. The molecule has 0 spiro atoms. The predicted molar refractivity (Wildman–Crippen MR) is 93.7 cm³/mol. The summed E-state index contributed by atoms with van der Waals surface area (Å²) in [4.78, 5) is 37.9. The van der Waals surface area contributed by atoms with Gasteiger partial charge >= 0.3 is 5.97 Å². The van der Waals surface area contributed by atoms with Crippen LogP contribution in [0, 0.1) is 0 Å². The van der Waals surface area contributed by atoms with E-state index in [2.05, 4.69) is 0 Å². The van der Waals surface area contributed by atoms with Crippen LogP contribution < -0.4 is 0 Å². The van der Waals surface area contributed by atoms with Crippen molar-refractivity contribution in [2.45, 2.75) is 19.8 Å². The number of carbonyl (C=O) groups excluding carboxylic acids is 3. The van der Waals surface area contributed by atoms with Gasteiger partial charge in [-0.15, -0.1) is 0 Å². The quantitative estimate of drug-likeness (QED) is 0.635. The molecule has 3 rings (SSSR count). The van der Waals surface area contributed by atoms with Crippen LogP contribution in [-0.4, -0.2) is 24.6 Å². The summed E-state index contributed by atoms with van der Waals surface area (Å²) in [6, 6.07) is 14.4. The Bertz CT molecular complexity index is 906. The van der Waals surface area contributed by atoms with Crippen LogP contribution in [0.15, 0.2) is 59.7 Å². The van der Waals surface area contributed by atoms with Crippen molar-refractivity contribution in [2.75, 3.05) is 7.11 Å². The molecule has 4 nitrogen and oxygen atoms in total. The van der Waals surface area contributed by atoms with Crippen LogP contribution >= 0.6 is 0 Å². The molecule has 126 valence electrons. The van der Waals surface area contributed by atoms with Crippen molar-refractivity contribution < 1.29 is 19.1 Å². The van der Waals surface area contributed by atoms with E-state index in [1.807, 2.05) is 31.2 Å². The van der Waals surface area contributed by atoms with E-state index in [9.17, 15) is 14.4 Å². The summed E-state index contributed by atoms with van der Waals surface area (Å²) in [6.45, 7) is 2.05. The standard InChI is InChI=1S/C21H18O4/c1-3-13-7-6-8-14(11-13)12-17-18(21(24)25-2)20(23)16-10-5-4-9-15(16)19(17)22/h4-11H,3,12H2,1-2H3. The van der Waals surface area contributed by atoms with Crippen molar-refractivity contribution in [3.63, 3.8) is 0 Å². The third kappa shape index (κ3) is 3.03. The lowest BCUT2D eigenvalue weighted by Crippen LogP contribution is -2.28. The van der Waals surface area contributed by atoms with Crippen molar-refractivity contribution in [1.29, 1.82) is 0 Å². The van der Waals surface area contributed by atoms with Crippen molar-refractivity contribution in [3.05, 3.63) is 81.9 Å². The van der Waals surface area contributed by atoms with Crippen molar-refractivity contribution in [2.24, 2.45) is 0 Å². The number of benzene rings is 2. The Hall–Kier alpha value is -3.01. The van der Waals surface area contributed by atoms with E-state index in [0.717, 1.165) is 17.5 Å². The SMILES string of the molecule is CCc1cccc(CC2=C(C(=O)OC)C(=O)c3ccccc3C2=O)c1. The Balaban J connectivity index is 2.13. The number of hydrogen-bond acceptors (Lipinski definition) is 4. The molecule has 0 bridgehead atoms. The summed E-state index contributed by atoms with van der Waals surface area (Å²) in [5.41, 5.74) is 2.64. The van der Waals surface area contributed by atoms with Crippen LogP contribution in [-0.2, 0) is 22.4 Å². The van der Waals surface area contributed by atoms with E-state index in [1.54, 1.807) is 24.3 Å². The molecule has 25 heavy (non-hydrogen) atoms. The van der Waals surface area contributed by atoms with Crippen LogP contribution in [0.5, 0.6) is 0 Å². The first kappa shape index (κ1) is 16.8. The summed E-state index contributed by atoms with van der Waals surface area (Å²) in [7, 11) is 1.21. The third-order valence-electron chi connectivity index (χ3n) is 4.39. The molecule has 0 atom stereocenters. The largest absolute Gasteiger partial charge is 0.465 e. The third-order valence-corrected chi connectivity index (χ3v) is 4.39. The van der Waals surface area contributed by atoms with Crippen LogP contribution in [0.1, 0.15) is 38.8 Å². The van der Waals surface area contributed by atoms with E-state index >= 15 is 0 Å². The number of ketones is 2. The van der Waals surface area contributed by atoms with Crippen molar-refractivity contribution in [1.82, 2.24) is 0 Å². The molecule has 0 amide bonds. The number of fused-ring (bicyclic) bond motifs is 1. The molecule has 0 N–H and O–H groups in total. The topological polar surface area (TPSA) is 60.4 Å². The van der Waals surface area contributed by atoms with Gasteiger partial charge in [0, 0.05) is 23.1 Å². The number of Topliss-reactive ketones (excluding diaryl/α,β-unsaturated/α-hetero) is 2. The summed E-state index contributed by atoms with van der Waals surface area (Å²) in [6.07, 6.45) is 1.09. The van der Waals surface area contributed by atoms with Gasteiger partial charge in [-0.25, -0.2) is 4.79 Å². The molecule has 2 aromatic rings. The van der Waals surface area contributed by atoms with Gasteiger partial charge in [0.25, 0.3) is 0 Å². The highest BCUT2D eigenvalue weighted by Crippen LogP contribution is 2.29. The number of ether oxygens (including phenoxy) is 1. The molecule has 0 heterocycles. The van der Waals surface area contributed by atoms with E-state index in [1.165, 1.54) is 7.11 Å². The highest BCUT2D eigenvalue weighted by molar-refractivity contribution is 6.35. The maximum absolute atomic E-state index is 12.9. The number of hydrogen-bond donors (Lipinski definition) is 0. The predicted octanol–water partition coefficient (Wildman–Crippen LogP) is 3.34. The second-order valence-electron chi connectivity index (χ2n) is 5.90. The fourth-order valence-electron chi connectivity index (χ4n) is 3.08. The average molecular weight is 334 g/mol. The lowest BCUT2D eigenvalue weighted by Gasteiger charge is -2.20. The monoisotopic (exact) mass is 334 g/mol. The fraction of sp³-hybridized carbons (Fsp3) is 0.190. The minimum absolute atomic E-state index is 0.159. The minimum atomic E-state index is -0.769. The first-order chi connectivity index (χ1) is 12.1. The van der Waals surface area contributed by atoms with E-state index in [-0.39, 0.29) is 28.9 Å². The van der Waals surface area contributed by atoms with Gasteiger partial charge in [0.05, 0.1) is 7.11 Å². The molecule has 0 saturated carbocycles. The second-order valence-corrected chi connectivity index (χ2v) is 5.90. The van der Waals surface area contributed by atoms with Crippen LogP contribution in [0.4, 0.5) is 0 Å². The first-order valence-electron chi connectivity index (χ1n) is 8.14. The van der Waals surface area contributed by atoms with Crippen molar-refractivity contribution in [3.8, 4) is 0 Å². The van der Waals surface area contributed by atoms with Gasteiger partial charge in [0.15, 0.2) is 5.78 Å². The van der Waals surface area contributed by atoms with Crippen LogP contribution in [0.3, 0.4) is 0 Å². The molecule has 0 unspecified atom stereocenters. The Morgan fingerprint density at radius 3 is 2.20 bits per heavy atom. The van der Waals surface area contributed by atoms with Gasteiger partial charge in [0.1, 0.15) is 5.57 Å². The summed E-state index contributed by atoms with van der Waals surface area (Å²) in [5, 5.41) is 0. The fourth-order valence-corrected chi connectivity index (χ4v) is 3.08. The van der Waals surface area contributed by atoms with Gasteiger partial charge in [-0.05, 0) is 17.5 Å². The molecule has 1 aliphatic rings. The van der Waals surface area contributed by atoms with E-state index < -0.39 is 11.8 Å². The molecular weight excluding hydrogens is 316 g/mol. The lowest BCUT2D eigenvalue weighted by molar-refractivity contribution is -0.135. The highest BCUT2D eigenvalue weighted by atomic mass is 16.5. The molecular formula is C21H18O4. The van der Waals surface area contributed by atoms with Gasteiger partial charge in [-0.3, -0.25) is 9.59 Å².